The monoisotopic (exact) mass is 680 g/mol. The first-order valence-corrected chi connectivity index (χ1v) is 18.0. The molecule has 3 aromatic rings. The molecule has 0 unspecified atom stereocenters. The second-order valence-corrected chi connectivity index (χ2v) is 13.5. The summed E-state index contributed by atoms with van der Waals surface area (Å²) < 4.78 is 11.0. The van der Waals surface area contributed by atoms with Gasteiger partial charge in [0.25, 0.3) is 0 Å². The molecule has 0 radical (unpaired) electrons. The summed E-state index contributed by atoms with van der Waals surface area (Å²) in [6.45, 7) is 5.46. The lowest BCUT2D eigenvalue weighted by molar-refractivity contribution is 0.0259. The van der Waals surface area contributed by atoms with Gasteiger partial charge in [0, 0.05) is 54.4 Å². The molecule has 2 heterocycles. The van der Waals surface area contributed by atoms with Gasteiger partial charge in [0.05, 0.1) is 19.3 Å². The van der Waals surface area contributed by atoms with E-state index in [0.717, 1.165) is 50.0 Å². The van der Waals surface area contributed by atoms with Gasteiger partial charge in [-0.1, -0.05) is 57.7 Å². The van der Waals surface area contributed by atoms with E-state index in [0.29, 0.717) is 13.2 Å². The third-order valence-corrected chi connectivity index (χ3v) is 9.99. The Morgan fingerprint density at radius 3 is 1.96 bits per heavy atom. The Bertz CT molecular complexity index is 1390. The van der Waals surface area contributed by atoms with E-state index in [1.165, 1.54) is 54.0 Å². The first-order chi connectivity index (χ1) is 23.1. The fourth-order valence-electron chi connectivity index (χ4n) is 5.63. The number of nitrogens with zero attached hydrogens (tertiary/aromatic N) is 2. The average molecular weight is 681 g/mol. The number of hydrogen-bond donors (Lipinski definition) is 3. The molecule has 1 aromatic heterocycles. The minimum Gasteiger partial charge on any atom is -0.494 e. The highest BCUT2D eigenvalue weighted by Crippen LogP contribution is 2.45. The Morgan fingerprint density at radius 1 is 0.833 bits per heavy atom. The summed E-state index contributed by atoms with van der Waals surface area (Å²) in [4.78, 5) is 29.0. The highest BCUT2D eigenvalue weighted by atomic mass is 32.2. The second kappa shape index (κ2) is 19.9. The predicted molar refractivity (Wildman–Crippen MR) is 192 cm³/mol. The minimum absolute atomic E-state index is 0.0913. The summed E-state index contributed by atoms with van der Waals surface area (Å²) in [6.07, 6.45) is 10.2. The van der Waals surface area contributed by atoms with Gasteiger partial charge >= 0.3 is 11.9 Å². The van der Waals surface area contributed by atoms with Crippen molar-refractivity contribution in [2.45, 2.75) is 89.1 Å². The maximum Gasteiger partial charge on any atom is 0.354 e. The fraction of sp³-hybridized carbons (Fsp3) is 0.500. The number of fused-ring (bicyclic) bond motifs is 1. The largest absolute Gasteiger partial charge is 0.494 e. The van der Waals surface area contributed by atoms with Gasteiger partial charge in [-0.25, -0.2) is 14.6 Å². The molecule has 9 nitrogen and oxygen atoms in total. The van der Waals surface area contributed by atoms with Crippen LogP contribution in [-0.2, 0) is 6.42 Å². The number of ether oxygens (including phenoxy) is 2. The zero-order valence-corrected chi connectivity index (χ0v) is 29.6. The highest BCUT2D eigenvalue weighted by molar-refractivity contribution is 7.99. The summed E-state index contributed by atoms with van der Waals surface area (Å²) in [5.41, 5.74) is 1.93. The van der Waals surface area contributed by atoms with Crippen LogP contribution in [0.3, 0.4) is 0 Å². The molecular weight excluding hydrogens is 628 g/mol. The predicted octanol–water partition coefficient (Wildman–Crippen LogP) is 8.23. The molecule has 262 valence electrons. The van der Waals surface area contributed by atoms with Crippen LogP contribution in [0.4, 0.5) is 5.69 Å². The number of benzene rings is 2. The number of unbranched alkanes of at least 4 members (excludes halogenated alkanes) is 4. The standard InChI is InChI=1S/C20H33NOS.C18H19NO6/c1-5-7-11-20(12-8-6-2)15-23-18-10-9-17(21(3)4)13-16(18)14-19(20)22;20-17(21)15-11-14(12-16(19-15)18(22)23)25-10-6-2-5-9-24-13-7-3-1-4-8-13/h9-10,13,19,22H,5-8,11-12,14-15H2,1-4H3;1,3-4,7-8,11-12H,2,5-6,9-10H2,(H,20,21)(H,22,23)/t19-;/m1./s1. The number of aliphatic hydroxyl groups excluding tert-OH is 1. The first kappa shape index (κ1) is 38.7. The van der Waals surface area contributed by atoms with Crippen LogP contribution in [0.1, 0.15) is 98.2 Å². The van der Waals surface area contributed by atoms with Crippen molar-refractivity contribution in [3.8, 4) is 11.5 Å². The number of aliphatic hydroxyl groups is 1. The van der Waals surface area contributed by atoms with Crippen molar-refractivity contribution in [1.82, 2.24) is 4.98 Å². The lowest BCUT2D eigenvalue weighted by Crippen LogP contribution is -2.38. The molecule has 0 saturated carbocycles. The van der Waals surface area contributed by atoms with Gasteiger partial charge < -0.3 is 29.7 Å². The van der Waals surface area contributed by atoms with Crippen LogP contribution in [0, 0.1) is 5.41 Å². The number of aromatic carboxylic acids is 2. The van der Waals surface area contributed by atoms with Crippen molar-refractivity contribution >= 4 is 29.4 Å². The SMILES string of the molecule is CCCCC1(CCCC)CSc2ccc(N(C)C)cc2C[C@H]1O.O=C(O)c1cc(OCCCCCOc2ccccc2)cc(C(=O)O)n1. The number of anilines is 1. The van der Waals surface area contributed by atoms with Gasteiger partial charge in [0.15, 0.2) is 11.4 Å². The van der Waals surface area contributed by atoms with Gasteiger partial charge in [-0.3, -0.25) is 0 Å². The maximum absolute atomic E-state index is 11.1. The molecule has 0 amide bonds. The van der Waals surface area contributed by atoms with Crippen LogP contribution < -0.4 is 14.4 Å². The van der Waals surface area contributed by atoms with E-state index in [9.17, 15) is 14.7 Å². The molecule has 0 saturated heterocycles. The van der Waals surface area contributed by atoms with Gasteiger partial charge in [-0.15, -0.1) is 11.8 Å². The lowest BCUT2D eigenvalue weighted by Gasteiger charge is -2.37. The molecule has 10 heteroatoms. The van der Waals surface area contributed by atoms with Crippen molar-refractivity contribution in [1.29, 1.82) is 0 Å². The van der Waals surface area contributed by atoms with E-state index < -0.39 is 11.9 Å². The summed E-state index contributed by atoms with van der Waals surface area (Å²) in [5.74, 6) is -0.525. The van der Waals surface area contributed by atoms with Crippen LogP contribution in [0.15, 0.2) is 65.6 Å². The van der Waals surface area contributed by atoms with Gasteiger partial charge in [-0.2, -0.15) is 0 Å². The number of hydrogen-bond acceptors (Lipinski definition) is 8. The minimum atomic E-state index is -1.30. The molecule has 1 aliphatic rings. The van der Waals surface area contributed by atoms with Crippen LogP contribution in [-0.4, -0.2) is 71.4 Å². The lowest BCUT2D eigenvalue weighted by atomic mass is 9.73. The number of carboxylic acids is 2. The molecule has 0 spiro atoms. The molecule has 0 bridgehead atoms. The molecule has 4 rings (SSSR count). The maximum atomic E-state index is 11.1. The molecule has 2 aromatic carbocycles. The number of thioether (sulfide) groups is 1. The van der Waals surface area contributed by atoms with Crippen LogP contribution >= 0.6 is 11.8 Å². The summed E-state index contributed by atoms with van der Waals surface area (Å²) in [5, 5.41) is 29.0. The van der Waals surface area contributed by atoms with E-state index in [2.05, 4.69) is 56.0 Å². The van der Waals surface area contributed by atoms with E-state index >= 15 is 0 Å². The van der Waals surface area contributed by atoms with Crippen LogP contribution in [0.5, 0.6) is 11.5 Å². The molecule has 1 aliphatic heterocycles. The molecule has 3 N–H and O–H groups in total. The van der Waals surface area contributed by atoms with Crippen molar-refractivity contribution < 1.29 is 34.4 Å². The summed E-state index contributed by atoms with van der Waals surface area (Å²) >= 11 is 1.96. The zero-order chi connectivity index (χ0) is 34.9. The van der Waals surface area contributed by atoms with Crippen molar-refractivity contribution in [2.24, 2.45) is 5.41 Å². The molecule has 0 fully saturated rings. The van der Waals surface area contributed by atoms with Gasteiger partial charge in [-0.05, 0) is 68.0 Å². The number of carbonyl (C=O) groups is 2. The van der Waals surface area contributed by atoms with E-state index in [-0.39, 0.29) is 28.7 Å². The van der Waals surface area contributed by atoms with Crippen molar-refractivity contribution in [2.75, 3.05) is 38.0 Å². The van der Waals surface area contributed by atoms with E-state index in [1.54, 1.807) is 0 Å². The molecule has 0 aliphatic carbocycles. The van der Waals surface area contributed by atoms with Gasteiger partial charge in [0.2, 0.25) is 0 Å². The Morgan fingerprint density at radius 2 is 1.42 bits per heavy atom. The Kier molecular flexibility index (Phi) is 16.1. The second-order valence-electron chi connectivity index (χ2n) is 12.5. The Balaban J connectivity index is 0.000000261. The average Bonchev–Trinajstić information content (AvgIpc) is 3.21. The zero-order valence-electron chi connectivity index (χ0n) is 28.8. The van der Waals surface area contributed by atoms with Crippen molar-refractivity contribution in [3.05, 3.63) is 77.6 Å². The highest BCUT2D eigenvalue weighted by Gasteiger charge is 2.39. The molecular formula is C38H52N2O7S. The Hall–Kier alpha value is -3.76. The van der Waals surface area contributed by atoms with E-state index in [4.69, 9.17) is 19.7 Å². The van der Waals surface area contributed by atoms with Crippen LogP contribution in [0.25, 0.3) is 0 Å². The third-order valence-electron chi connectivity index (χ3n) is 8.56. The van der Waals surface area contributed by atoms with Crippen molar-refractivity contribution in [3.63, 3.8) is 0 Å². The normalized spacial score (nSPS) is 14.9. The molecule has 48 heavy (non-hydrogen) atoms. The van der Waals surface area contributed by atoms with Gasteiger partial charge in [0.1, 0.15) is 11.5 Å². The topological polar surface area (TPSA) is 129 Å². The number of rotatable bonds is 17. The number of aromatic nitrogens is 1. The Labute approximate surface area is 289 Å². The number of para-hydroxylation sites is 1. The van der Waals surface area contributed by atoms with E-state index in [1.807, 2.05) is 42.1 Å². The number of carboxylic acid groups (broad SMARTS) is 2. The smallest absolute Gasteiger partial charge is 0.354 e. The molecule has 1 atom stereocenters. The quantitative estimate of drug-likeness (QED) is 0.120. The number of pyridine rings is 1. The third kappa shape index (κ3) is 12.0. The first-order valence-electron chi connectivity index (χ1n) is 17.0. The summed E-state index contributed by atoms with van der Waals surface area (Å²) in [6, 6.07) is 18.7. The summed E-state index contributed by atoms with van der Waals surface area (Å²) in [7, 11) is 4.16. The fourth-order valence-corrected chi connectivity index (χ4v) is 7.05. The van der Waals surface area contributed by atoms with Crippen LogP contribution in [0.2, 0.25) is 0 Å².